The van der Waals surface area contributed by atoms with Crippen LogP contribution in [0.15, 0.2) is 34.5 Å². The van der Waals surface area contributed by atoms with Gasteiger partial charge in [-0.3, -0.25) is 9.79 Å². The number of allylic oxidation sites excluding steroid dienone is 1. The number of carbonyl (C=O) groups excluding carboxylic acids is 2. The summed E-state index contributed by atoms with van der Waals surface area (Å²) < 4.78 is 51.0. The van der Waals surface area contributed by atoms with Gasteiger partial charge in [0.15, 0.2) is 0 Å². The van der Waals surface area contributed by atoms with Gasteiger partial charge in [-0.15, -0.1) is 0 Å². The first-order valence-corrected chi connectivity index (χ1v) is 8.81. The van der Waals surface area contributed by atoms with Crippen molar-refractivity contribution in [3.8, 4) is 0 Å². The minimum absolute atomic E-state index is 0.130. The zero-order valence-electron chi connectivity index (χ0n) is 16.1. The van der Waals surface area contributed by atoms with Crippen LogP contribution in [0.5, 0.6) is 0 Å². The predicted molar refractivity (Wildman–Crippen MR) is 96.6 cm³/mol. The Morgan fingerprint density at radius 2 is 1.89 bits per heavy atom. The molecule has 1 aliphatic heterocycles. The molecule has 0 amide bonds. The highest BCUT2D eigenvalue weighted by atomic mass is 19.1. The molecule has 0 saturated heterocycles. The van der Waals surface area contributed by atoms with Crippen molar-refractivity contribution in [2.24, 2.45) is 10.9 Å². The lowest BCUT2D eigenvalue weighted by atomic mass is 9.75. The van der Waals surface area contributed by atoms with Crippen molar-refractivity contribution in [1.82, 2.24) is 0 Å². The van der Waals surface area contributed by atoms with Gasteiger partial charge < -0.3 is 9.47 Å². The van der Waals surface area contributed by atoms with E-state index in [0.29, 0.717) is 5.71 Å². The van der Waals surface area contributed by atoms with Gasteiger partial charge in [0, 0.05) is 17.3 Å². The Labute approximate surface area is 161 Å². The maximum Gasteiger partial charge on any atom is 0.336 e. The molecular formula is C20H22F3NO4. The molecule has 1 aromatic rings. The molecule has 0 fully saturated rings. The molecule has 1 aromatic carbocycles. The molecule has 2 unspecified atom stereocenters. The van der Waals surface area contributed by atoms with Crippen molar-refractivity contribution < 1.29 is 32.2 Å². The topological polar surface area (TPSA) is 65.0 Å². The molecule has 0 bridgehead atoms. The number of hydrogen-bond acceptors (Lipinski definition) is 5. The largest absolute Gasteiger partial charge is 0.462 e. The standard InChI is InChI=1S/C20H22F3NO4/c1-10(2)28-20(26)17-12(4)24-11(3)16(19(25)27-8-7-21)18(17)14-9-13(22)5-6-15(14)23/h5-6,9-10,17-18H,7-8H2,1-4H3. The minimum atomic E-state index is -1.22. The van der Waals surface area contributed by atoms with Crippen LogP contribution in [-0.2, 0) is 19.1 Å². The van der Waals surface area contributed by atoms with Crippen LogP contribution >= 0.6 is 0 Å². The molecule has 2 rings (SSSR count). The number of benzene rings is 1. The maximum absolute atomic E-state index is 14.6. The van der Waals surface area contributed by atoms with Gasteiger partial charge >= 0.3 is 11.9 Å². The van der Waals surface area contributed by atoms with Crippen LogP contribution in [0.4, 0.5) is 13.2 Å². The Hall–Kier alpha value is -2.64. The van der Waals surface area contributed by atoms with Gasteiger partial charge in [-0.1, -0.05) is 0 Å². The van der Waals surface area contributed by atoms with E-state index in [1.807, 2.05) is 0 Å². The summed E-state index contributed by atoms with van der Waals surface area (Å²) in [6.45, 7) is 4.91. The Morgan fingerprint density at radius 3 is 2.50 bits per heavy atom. The zero-order valence-corrected chi connectivity index (χ0v) is 16.1. The van der Waals surface area contributed by atoms with Gasteiger partial charge in [-0.05, 0) is 51.5 Å². The molecule has 152 valence electrons. The van der Waals surface area contributed by atoms with E-state index in [-0.39, 0.29) is 16.8 Å². The third kappa shape index (κ3) is 4.61. The summed E-state index contributed by atoms with van der Waals surface area (Å²) in [5, 5.41) is 0. The predicted octanol–water partition coefficient (Wildman–Crippen LogP) is 3.88. The van der Waals surface area contributed by atoms with Crippen LogP contribution in [-0.4, -0.2) is 37.0 Å². The van der Waals surface area contributed by atoms with Crippen LogP contribution in [0.2, 0.25) is 0 Å². The molecular weight excluding hydrogens is 375 g/mol. The van der Waals surface area contributed by atoms with E-state index in [0.717, 1.165) is 18.2 Å². The van der Waals surface area contributed by atoms with Crippen molar-refractivity contribution in [3.63, 3.8) is 0 Å². The zero-order chi connectivity index (χ0) is 21.0. The Balaban J connectivity index is 2.65. The van der Waals surface area contributed by atoms with E-state index in [2.05, 4.69) is 4.99 Å². The first-order valence-electron chi connectivity index (χ1n) is 8.81. The highest BCUT2D eigenvalue weighted by molar-refractivity contribution is 6.07. The number of hydrogen-bond donors (Lipinski definition) is 0. The van der Waals surface area contributed by atoms with Gasteiger partial charge in [0.2, 0.25) is 0 Å². The van der Waals surface area contributed by atoms with Crippen molar-refractivity contribution >= 4 is 17.7 Å². The summed E-state index contributed by atoms with van der Waals surface area (Å²) in [6, 6.07) is 2.77. The number of rotatable bonds is 6. The summed E-state index contributed by atoms with van der Waals surface area (Å²) in [5.41, 5.74) is 0.142. The molecule has 1 heterocycles. The van der Waals surface area contributed by atoms with Crippen LogP contribution in [0.3, 0.4) is 0 Å². The first-order chi connectivity index (χ1) is 13.2. The van der Waals surface area contributed by atoms with Crippen molar-refractivity contribution in [2.75, 3.05) is 13.3 Å². The SMILES string of the molecule is CC1=NC(C)=C(C(=O)OCCF)C(c2cc(F)ccc2F)C1C(=O)OC(C)C. The Kier molecular flexibility index (Phi) is 6.99. The van der Waals surface area contributed by atoms with E-state index >= 15 is 0 Å². The third-order valence-electron chi connectivity index (χ3n) is 4.26. The molecule has 2 atom stereocenters. The second-order valence-electron chi connectivity index (χ2n) is 6.68. The lowest BCUT2D eigenvalue weighted by Gasteiger charge is -2.32. The van der Waals surface area contributed by atoms with Gasteiger partial charge in [-0.2, -0.15) is 0 Å². The molecule has 5 nitrogen and oxygen atoms in total. The fraction of sp³-hybridized carbons (Fsp3) is 0.450. The normalized spacial score (nSPS) is 19.5. The first kappa shape index (κ1) is 21.7. The molecule has 0 aliphatic carbocycles. The summed E-state index contributed by atoms with van der Waals surface area (Å²) in [6.07, 6.45) is -0.466. The molecule has 0 radical (unpaired) electrons. The lowest BCUT2D eigenvalue weighted by Crippen LogP contribution is -2.38. The van der Waals surface area contributed by atoms with Gasteiger partial charge in [0.25, 0.3) is 0 Å². The average Bonchev–Trinajstić information content (AvgIpc) is 2.60. The summed E-state index contributed by atoms with van der Waals surface area (Å²) in [4.78, 5) is 29.5. The van der Waals surface area contributed by atoms with Crippen LogP contribution < -0.4 is 0 Å². The van der Waals surface area contributed by atoms with Crippen LogP contribution in [0, 0.1) is 17.6 Å². The quantitative estimate of drug-likeness (QED) is 0.684. The number of esters is 2. The highest BCUT2D eigenvalue weighted by Crippen LogP contribution is 2.41. The van der Waals surface area contributed by atoms with E-state index in [1.54, 1.807) is 20.8 Å². The second kappa shape index (κ2) is 9.03. The molecule has 0 aromatic heterocycles. The van der Waals surface area contributed by atoms with Crippen molar-refractivity contribution in [2.45, 2.75) is 39.7 Å². The summed E-state index contributed by atoms with van der Waals surface area (Å²) >= 11 is 0. The molecule has 0 saturated carbocycles. The smallest absolute Gasteiger partial charge is 0.336 e. The maximum atomic E-state index is 14.6. The van der Waals surface area contributed by atoms with Gasteiger partial charge in [-0.25, -0.2) is 18.0 Å². The summed E-state index contributed by atoms with van der Waals surface area (Å²) in [5.74, 6) is -5.58. The fourth-order valence-corrected chi connectivity index (χ4v) is 3.21. The number of alkyl halides is 1. The van der Waals surface area contributed by atoms with E-state index in [1.165, 1.54) is 6.92 Å². The van der Waals surface area contributed by atoms with Gasteiger partial charge in [0.05, 0.1) is 11.7 Å². The van der Waals surface area contributed by atoms with E-state index in [4.69, 9.17) is 9.47 Å². The lowest BCUT2D eigenvalue weighted by molar-refractivity contribution is -0.150. The Bertz CT molecular complexity index is 833. The van der Waals surface area contributed by atoms with Crippen LogP contribution in [0.25, 0.3) is 0 Å². The highest BCUT2D eigenvalue weighted by Gasteiger charge is 2.43. The van der Waals surface area contributed by atoms with Crippen molar-refractivity contribution in [1.29, 1.82) is 0 Å². The molecule has 0 spiro atoms. The molecule has 8 heteroatoms. The monoisotopic (exact) mass is 397 g/mol. The molecule has 28 heavy (non-hydrogen) atoms. The Morgan fingerprint density at radius 1 is 1.21 bits per heavy atom. The van der Waals surface area contributed by atoms with Crippen LogP contribution in [0.1, 0.15) is 39.2 Å². The van der Waals surface area contributed by atoms with Crippen molar-refractivity contribution in [3.05, 3.63) is 46.7 Å². The van der Waals surface area contributed by atoms with E-state index < -0.39 is 54.8 Å². The number of halogens is 3. The molecule has 0 N–H and O–H groups in total. The number of aliphatic imine (C=N–C) groups is 1. The van der Waals surface area contributed by atoms with Gasteiger partial charge in [0.1, 0.15) is 30.8 Å². The minimum Gasteiger partial charge on any atom is -0.462 e. The molecule has 1 aliphatic rings. The number of carbonyl (C=O) groups is 2. The number of ether oxygens (including phenoxy) is 2. The average molecular weight is 397 g/mol. The second-order valence-corrected chi connectivity index (χ2v) is 6.68. The summed E-state index contributed by atoms with van der Waals surface area (Å²) in [7, 11) is 0. The fourth-order valence-electron chi connectivity index (χ4n) is 3.21. The van der Waals surface area contributed by atoms with E-state index in [9.17, 15) is 22.8 Å². The third-order valence-corrected chi connectivity index (χ3v) is 4.26. The number of nitrogens with zero attached hydrogens (tertiary/aromatic N) is 1.